The second-order valence-corrected chi connectivity index (χ2v) is 3.72. The van der Waals surface area contributed by atoms with E-state index in [1.807, 2.05) is 6.21 Å². The lowest BCUT2D eigenvalue weighted by atomic mass is 10.1. The Labute approximate surface area is 84.4 Å². The second kappa shape index (κ2) is 3.74. The Morgan fingerprint density at radius 1 is 1.14 bits per heavy atom. The number of aryl methyl sites for hydroxylation is 2. The quantitative estimate of drug-likeness (QED) is 0.643. The molecule has 72 valence electrons. The van der Waals surface area contributed by atoms with Gasteiger partial charge in [0.1, 0.15) is 5.84 Å². The number of aliphatic imine (C=N–C) groups is 2. The van der Waals surface area contributed by atoms with Gasteiger partial charge in [-0.25, -0.2) is 9.98 Å². The lowest BCUT2D eigenvalue weighted by molar-refractivity contribution is 1.20. The largest absolute Gasteiger partial charge is 0.246 e. The summed E-state index contributed by atoms with van der Waals surface area (Å²) in [5, 5.41) is 0. The van der Waals surface area contributed by atoms with Crippen molar-refractivity contribution in [2.24, 2.45) is 9.98 Å². The first-order valence-electron chi connectivity index (χ1n) is 4.92. The fraction of sp³-hybridized carbons (Fsp3) is 0.333. The Bertz CT molecular complexity index is 383. The van der Waals surface area contributed by atoms with Crippen LogP contribution in [0.4, 0.5) is 5.69 Å². The van der Waals surface area contributed by atoms with Crippen LogP contribution in [0.1, 0.15) is 24.0 Å². The standard InChI is InChI=1S/C12H14N2/c1-9-6-10(2)8-11(7-9)14-12-4-3-5-13-12/h5-8H,3-4H2,1-2H3. The van der Waals surface area contributed by atoms with Crippen molar-refractivity contribution in [3.05, 3.63) is 29.3 Å². The van der Waals surface area contributed by atoms with Crippen LogP contribution in [-0.4, -0.2) is 12.1 Å². The van der Waals surface area contributed by atoms with Crippen LogP contribution in [0.15, 0.2) is 28.2 Å². The summed E-state index contributed by atoms with van der Waals surface area (Å²) in [6.45, 7) is 4.18. The summed E-state index contributed by atoms with van der Waals surface area (Å²) in [7, 11) is 0. The molecule has 0 fully saturated rings. The van der Waals surface area contributed by atoms with Gasteiger partial charge in [0.2, 0.25) is 0 Å². The predicted molar refractivity (Wildman–Crippen MR) is 60.7 cm³/mol. The van der Waals surface area contributed by atoms with Crippen LogP contribution in [0.2, 0.25) is 0 Å². The van der Waals surface area contributed by atoms with Crippen LogP contribution in [-0.2, 0) is 0 Å². The van der Waals surface area contributed by atoms with Crippen molar-refractivity contribution in [1.29, 1.82) is 0 Å². The van der Waals surface area contributed by atoms with Gasteiger partial charge in [-0.2, -0.15) is 0 Å². The minimum atomic E-state index is 0.954. The minimum Gasteiger partial charge on any atom is -0.246 e. The van der Waals surface area contributed by atoms with Crippen molar-refractivity contribution in [2.45, 2.75) is 26.7 Å². The number of hydrogen-bond acceptors (Lipinski definition) is 1. The van der Waals surface area contributed by atoms with Crippen LogP contribution in [0, 0.1) is 13.8 Å². The van der Waals surface area contributed by atoms with Crippen molar-refractivity contribution >= 4 is 17.7 Å². The van der Waals surface area contributed by atoms with Crippen LogP contribution in [0.25, 0.3) is 0 Å². The van der Waals surface area contributed by atoms with E-state index in [2.05, 4.69) is 42.0 Å². The van der Waals surface area contributed by atoms with E-state index in [-0.39, 0.29) is 0 Å². The zero-order valence-corrected chi connectivity index (χ0v) is 8.62. The van der Waals surface area contributed by atoms with Crippen LogP contribution in [0.3, 0.4) is 0 Å². The molecular formula is C12H14N2. The molecule has 0 amide bonds. The van der Waals surface area contributed by atoms with Gasteiger partial charge >= 0.3 is 0 Å². The third-order valence-electron chi connectivity index (χ3n) is 2.20. The summed E-state index contributed by atoms with van der Waals surface area (Å²) in [4.78, 5) is 8.71. The number of hydrogen-bond donors (Lipinski definition) is 0. The second-order valence-electron chi connectivity index (χ2n) is 3.72. The fourth-order valence-corrected chi connectivity index (χ4v) is 1.68. The molecule has 0 N–H and O–H groups in total. The Balaban J connectivity index is 2.32. The number of nitrogens with zero attached hydrogens (tertiary/aromatic N) is 2. The highest BCUT2D eigenvalue weighted by Gasteiger charge is 2.02. The van der Waals surface area contributed by atoms with Gasteiger partial charge < -0.3 is 0 Å². The van der Waals surface area contributed by atoms with E-state index in [9.17, 15) is 0 Å². The van der Waals surface area contributed by atoms with E-state index in [4.69, 9.17) is 0 Å². The number of rotatable bonds is 1. The Morgan fingerprint density at radius 3 is 2.43 bits per heavy atom. The third-order valence-corrected chi connectivity index (χ3v) is 2.20. The summed E-state index contributed by atoms with van der Waals surface area (Å²) in [6.07, 6.45) is 3.94. The van der Waals surface area contributed by atoms with Gasteiger partial charge in [0.05, 0.1) is 5.69 Å². The normalized spacial score (nSPS) is 18.0. The summed E-state index contributed by atoms with van der Waals surface area (Å²) >= 11 is 0. The first-order chi connectivity index (χ1) is 6.74. The van der Waals surface area contributed by atoms with Crippen molar-refractivity contribution in [2.75, 3.05) is 0 Å². The van der Waals surface area contributed by atoms with E-state index in [1.54, 1.807) is 0 Å². The van der Waals surface area contributed by atoms with Gasteiger partial charge in [-0.05, 0) is 43.5 Å². The molecular weight excluding hydrogens is 172 g/mol. The molecule has 0 spiro atoms. The first kappa shape index (κ1) is 9.13. The molecule has 0 saturated heterocycles. The van der Waals surface area contributed by atoms with E-state index >= 15 is 0 Å². The molecule has 2 nitrogen and oxygen atoms in total. The number of benzene rings is 1. The molecule has 1 aromatic carbocycles. The molecule has 0 aromatic heterocycles. The van der Waals surface area contributed by atoms with E-state index in [1.165, 1.54) is 11.1 Å². The van der Waals surface area contributed by atoms with Gasteiger partial charge in [0, 0.05) is 12.6 Å². The van der Waals surface area contributed by atoms with E-state index < -0.39 is 0 Å². The zero-order chi connectivity index (χ0) is 9.97. The molecule has 1 heterocycles. The van der Waals surface area contributed by atoms with Gasteiger partial charge in [-0.1, -0.05) is 6.07 Å². The smallest absolute Gasteiger partial charge is 0.128 e. The maximum absolute atomic E-state index is 4.50. The highest BCUT2D eigenvalue weighted by molar-refractivity contribution is 5.96. The minimum absolute atomic E-state index is 0.954. The summed E-state index contributed by atoms with van der Waals surface area (Å²) < 4.78 is 0. The van der Waals surface area contributed by atoms with Gasteiger partial charge in [0.25, 0.3) is 0 Å². The molecule has 1 aliphatic heterocycles. The molecule has 2 heteroatoms. The Morgan fingerprint density at radius 2 is 1.86 bits per heavy atom. The van der Waals surface area contributed by atoms with Crippen molar-refractivity contribution in [3.63, 3.8) is 0 Å². The van der Waals surface area contributed by atoms with E-state index in [0.29, 0.717) is 0 Å². The molecule has 0 bridgehead atoms. The summed E-state index contributed by atoms with van der Waals surface area (Å²) in [5.41, 5.74) is 3.54. The average Bonchev–Trinajstić information content (AvgIpc) is 2.54. The molecule has 0 aliphatic carbocycles. The van der Waals surface area contributed by atoms with Gasteiger partial charge in [-0.3, -0.25) is 0 Å². The molecule has 2 rings (SSSR count). The zero-order valence-electron chi connectivity index (χ0n) is 8.62. The van der Waals surface area contributed by atoms with Crippen LogP contribution in [0.5, 0.6) is 0 Å². The van der Waals surface area contributed by atoms with Crippen molar-refractivity contribution in [1.82, 2.24) is 0 Å². The third kappa shape index (κ3) is 2.08. The topological polar surface area (TPSA) is 24.7 Å². The predicted octanol–water partition coefficient (Wildman–Crippen LogP) is 3.20. The molecule has 0 radical (unpaired) electrons. The SMILES string of the molecule is Cc1cc(C)cc(N=C2CCC=N2)c1. The summed E-state index contributed by atoms with van der Waals surface area (Å²) in [6, 6.07) is 6.34. The van der Waals surface area contributed by atoms with Crippen molar-refractivity contribution < 1.29 is 0 Å². The summed E-state index contributed by atoms with van der Waals surface area (Å²) in [5.74, 6) is 0.954. The molecule has 0 saturated carbocycles. The van der Waals surface area contributed by atoms with E-state index in [0.717, 1.165) is 24.4 Å². The van der Waals surface area contributed by atoms with Crippen LogP contribution < -0.4 is 0 Å². The molecule has 0 unspecified atom stereocenters. The molecule has 1 aliphatic rings. The highest BCUT2D eigenvalue weighted by atomic mass is 14.9. The molecule has 0 atom stereocenters. The maximum atomic E-state index is 4.50. The van der Waals surface area contributed by atoms with Crippen molar-refractivity contribution in [3.8, 4) is 0 Å². The lowest BCUT2D eigenvalue weighted by Gasteiger charge is -2.00. The Kier molecular flexibility index (Phi) is 2.44. The Hall–Kier alpha value is -1.44. The number of amidine groups is 1. The lowest BCUT2D eigenvalue weighted by Crippen LogP contribution is -1.85. The monoisotopic (exact) mass is 186 g/mol. The van der Waals surface area contributed by atoms with Gasteiger partial charge in [0.15, 0.2) is 0 Å². The average molecular weight is 186 g/mol. The van der Waals surface area contributed by atoms with Crippen LogP contribution >= 0.6 is 0 Å². The highest BCUT2D eigenvalue weighted by Crippen LogP contribution is 2.18. The molecule has 14 heavy (non-hydrogen) atoms. The first-order valence-corrected chi connectivity index (χ1v) is 4.92. The van der Waals surface area contributed by atoms with Gasteiger partial charge in [-0.15, -0.1) is 0 Å². The molecule has 1 aromatic rings. The maximum Gasteiger partial charge on any atom is 0.128 e. The fourth-order valence-electron chi connectivity index (χ4n) is 1.68.